The van der Waals surface area contributed by atoms with E-state index in [0.29, 0.717) is 11.1 Å². The van der Waals surface area contributed by atoms with Crippen molar-refractivity contribution in [2.45, 2.75) is 31.3 Å². The topological polar surface area (TPSA) is 41.1 Å². The van der Waals surface area contributed by atoms with Crippen molar-refractivity contribution in [3.05, 3.63) is 29.0 Å². The summed E-state index contributed by atoms with van der Waals surface area (Å²) in [5.41, 5.74) is 0.162. The molecule has 0 spiro atoms. The zero-order valence-electron chi connectivity index (χ0n) is 9.75. The highest BCUT2D eigenvalue weighted by Gasteiger charge is 2.42. The van der Waals surface area contributed by atoms with Gasteiger partial charge in [-0.15, -0.1) is 0 Å². The van der Waals surface area contributed by atoms with Gasteiger partial charge >= 0.3 is 0 Å². The summed E-state index contributed by atoms with van der Waals surface area (Å²) < 4.78 is 13.5. The van der Waals surface area contributed by atoms with Crippen LogP contribution in [0.3, 0.4) is 0 Å². The first-order chi connectivity index (χ1) is 8.63. The number of rotatable bonds is 2. The van der Waals surface area contributed by atoms with E-state index in [1.807, 2.05) is 0 Å². The Morgan fingerprint density at radius 2 is 2.28 bits per heavy atom. The number of carbonyl (C=O) groups excluding carboxylic acids is 1. The van der Waals surface area contributed by atoms with Gasteiger partial charge in [0.25, 0.3) is 0 Å². The van der Waals surface area contributed by atoms with E-state index in [2.05, 4.69) is 10.6 Å². The summed E-state index contributed by atoms with van der Waals surface area (Å²) in [5.74, 6) is -0.623. The molecule has 18 heavy (non-hydrogen) atoms. The van der Waals surface area contributed by atoms with E-state index >= 15 is 0 Å². The monoisotopic (exact) mass is 268 g/mol. The number of carbonyl (C=O) groups is 1. The highest BCUT2D eigenvalue weighted by molar-refractivity contribution is 6.30. The lowest BCUT2D eigenvalue weighted by molar-refractivity contribution is -0.120. The molecule has 1 aromatic rings. The lowest BCUT2D eigenvalue weighted by atomic mass is 9.88. The Hall–Kier alpha value is -1.13. The van der Waals surface area contributed by atoms with E-state index in [4.69, 9.17) is 11.6 Å². The van der Waals surface area contributed by atoms with Crippen LogP contribution >= 0.6 is 11.6 Å². The summed E-state index contributed by atoms with van der Waals surface area (Å²) in [6.07, 6.45) is 3.01. The zero-order chi connectivity index (χ0) is 12.7. The molecule has 0 aromatic heterocycles. The van der Waals surface area contributed by atoms with Crippen molar-refractivity contribution in [3.8, 4) is 0 Å². The summed E-state index contributed by atoms with van der Waals surface area (Å²) >= 11 is 5.79. The van der Waals surface area contributed by atoms with E-state index in [9.17, 15) is 9.18 Å². The minimum absolute atomic E-state index is 0.0536. The van der Waals surface area contributed by atoms with Gasteiger partial charge in [0.2, 0.25) is 5.91 Å². The molecule has 2 bridgehead atoms. The second kappa shape index (κ2) is 4.52. The van der Waals surface area contributed by atoms with Gasteiger partial charge in [-0.25, -0.2) is 4.39 Å². The average Bonchev–Trinajstić information content (AvgIpc) is 2.96. The Morgan fingerprint density at radius 3 is 2.94 bits per heavy atom. The minimum Gasteiger partial charge on any atom is -0.323 e. The molecule has 0 aliphatic carbocycles. The van der Waals surface area contributed by atoms with Crippen LogP contribution < -0.4 is 10.6 Å². The van der Waals surface area contributed by atoms with Crippen LogP contribution in [0.15, 0.2) is 18.2 Å². The van der Waals surface area contributed by atoms with Crippen LogP contribution in [0.1, 0.15) is 19.3 Å². The molecule has 5 heteroatoms. The lowest BCUT2D eigenvalue weighted by Gasteiger charge is -2.19. The maximum Gasteiger partial charge on any atom is 0.229 e. The van der Waals surface area contributed by atoms with Crippen molar-refractivity contribution in [3.63, 3.8) is 0 Å². The zero-order valence-corrected chi connectivity index (χ0v) is 10.5. The van der Waals surface area contributed by atoms with Gasteiger partial charge in [-0.1, -0.05) is 11.6 Å². The van der Waals surface area contributed by atoms with Crippen LogP contribution in [0, 0.1) is 11.7 Å². The summed E-state index contributed by atoms with van der Waals surface area (Å²) in [7, 11) is 0. The maximum atomic E-state index is 13.5. The van der Waals surface area contributed by atoms with Crippen LogP contribution in [-0.4, -0.2) is 18.0 Å². The molecule has 2 aliphatic heterocycles. The van der Waals surface area contributed by atoms with E-state index in [1.165, 1.54) is 18.2 Å². The van der Waals surface area contributed by atoms with Crippen LogP contribution in [0.25, 0.3) is 0 Å². The first-order valence-electron chi connectivity index (χ1n) is 6.15. The lowest BCUT2D eigenvalue weighted by Crippen LogP contribution is -2.33. The molecule has 96 valence electrons. The molecular formula is C13H14ClFN2O. The number of halogens is 2. The molecule has 2 N–H and O–H groups in total. The van der Waals surface area contributed by atoms with Crippen LogP contribution in [0.5, 0.6) is 0 Å². The van der Waals surface area contributed by atoms with Crippen molar-refractivity contribution < 1.29 is 9.18 Å². The first kappa shape index (κ1) is 11.9. The van der Waals surface area contributed by atoms with Crippen molar-refractivity contribution in [2.75, 3.05) is 5.32 Å². The van der Waals surface area contributed by atoms with Gasteiger partial charge in [0.15, 0.2) is 0 Å². The second-order valence-electron chi connectivity index (χ2n) is 5.00. The number of hydrogen-bond donors (Lipinski definition) is 2. The summed E-state index contributed by atoms with van der Waals surface area (Å²) in [6, 6.07) is 4.87. The van der Waals surface area contributed by atoms with Gasteiger partial charge < -0.3 is 10.6 Å². The maximum absolute atomic E-state index is 13.5. The summed E-state index contributed by atoms with van der Waals surface area (Å²) in [4.78, 5) is 12.1. The Balaban J connectivity index is 1.72. The Labute approximate surface area is 110 Å². The van der Waals surface area contributed by atoms with Gasteiger partial charge in [-0.05, 0) is 37.5 Å². The summed E-state index contributed by atoms with van der Waals surface area (Å²) in [6.45, 7) is 0. The second-order valence-corrected chi connectivity index (χ2v) is 5.44. The normalized spacial score (nSPS) is 29.6. The molecule has 2 fully saturated rings. The predicted molar refractivity (Wildman–Crippen MR) is 68.1 cm³/mol. The molecule has 2 heterocycles. The SMILES string of the molecule is O=C(Nc1cc(Cl)ccc1F)C1CC2CCC1N2. The summed E-state index contributed by atoms with van der Waals surface area (Å²) in [5, 5.41) is 6.44. The molecule has 1 amide bonds. The van der Waals surface area contributed by atoms with Crippen LogP contribution in [0.2, 0.25) is 5.02 Å². The molecule has 3 nitrogen and oxygen atoms in total. The number of anilines is 1. The van der Waals surface area contributed by atoms with Crippen molar-refractivity contribution in [1.29, 1.82) is 0 Å². The molecule has 0 radical (unpaired) electrons. The minimum atomic E-state index is -0.455. The quantitative estimate of drug-likeness (QED) is 0.866. The molecule has 3 rings (SSSR count). The molecule has 0 saturated carbocycles. The highest BCUT2D eigenvalue weighted by atomic mass is 35.5. The van der Waals surface area contributed by atoms with Crippen molar-refractivity contribution >= 4 is 23.2 Å². The van der Waals surface area contributed by atoms with Gasteiger partial charge in [0, 0.05) is 17.1 Å². The number of amides is 1. The Bertz CT molecular complexity index is 494. The van der Waals surface area contributed by atoms with E-state index in [0.717, 1.165) is 19.3 Å². The van der Waals surface area contributed by atoms with Crippen LogP contribution in [-0.2, 0) is 4.79 Å². The number of fused-ring (bicyclic) bond motifs is 2. The fourth-order valence-electron chi connectivity index (χ4n) is 2.93. The van der Waals surface area contributed by atoms with Gasteiger partial charge in [0.1, 0.15) is 5.82 Å². The standard InChI is InChI=1S/C13H14ClFN2O/c14-7-1-3-10(15)12(5-7)17-13(18)9-6-8-2-4-11(9)16-8/h1,3,5,8-9,11,16H,2,4,6H2,(H,17,18). The third kappa shape index (κ3) is 2.10. The molecule has 3 unspecified atom stereocenters. The van der Waals surface area contributed by atoms with Crippen LogP contribution in [0.4, 0.5) is 10.1 Å². The highest BCUT2D eigenvalue weighted by Crippen LogP contribution is 2.34. The molecule has 3 atom stereocenters. The number of hydrogen-bond acceptors (Lipinski definition) is 2. The first-order valence-corrected chi connectivity index (χ1v) is 6.53. The fourth-order valence-corrected chi connectivity index (χ4v) is 3.10. The predicted octanol–water partition coefficient (Wildman–Crippen LogP) is 2.56. The molecule has 2 saturated heterocycles. The molecule has 2 aliphatic rings. The van der Waals surface area contributed by atoms with Gasteiger partial charge in [-0.2, -0.15) is 0 Å². The smallest absolute Gasteiger partial charge is 0.229 e. The third-order valence-corrected chi connectivity index (χ3v) is 4.06. The molecular weight excluding hydrogens is 255 g/mol. The number of benzene rings is 1. The molecule has 1 aromatic carbocycles. The fraction of sp³-hybridized carbons (Fsp3) is 0.462. The van der Waals surface area contributed by atoms with Gasteiger partial charge in [0.05, 0.1) is 11.6 Å². The Morgan fingerprint density at radius 1 is 1.44 bits per heavy atom. The van der Waals surface area contributed by atoms with E-state index in [1.54, 1.807) is 0 Å². The third-order valence-electron chi connectivity index (χ3n) is 3.82. The van der Waals surface area contributed by atoms with Crippen molar-refractivity contribution in [1.82, 2.24) is 5.32 Å². The Kier molecular flexibility index (Phi) is 2.99. The number of nitrogens with one attached hydrogen (secondary N) is 2. The van der Waals surface area contributed by atoms with E-state index < -0.39 is 5.82 Å². The largest absolute Gasteiger partial charge is 0.323 e. The average molecular weight is 269 g/mol. The van der Waals surface area contributed by atoms with E-state index in [-0.39, 0.29) is 23.6 Å². The van der Waals surface area contributed by atoms with Gasteiger partial charge in [-0.3, -0.25) is 4.79 Å². The van der Waals surface area contributed by atoms with Crippen molar-refractivity contribution in [2.24, 2.45) is 5.92 Å².